The van der Waals surface area contributed by atoms with Crippen molar-refractivity contribution in [2.75, 3.05) is 7.11 Å². The fourth-order valence-electron chi connectivity index (χ4n) is 2.43. The molecule has 1 heterocycles. The molecule has 4 nitrogen and oxygen atoms in total. The van der Waals surface area contributed by atoms with Crippen molar-refractivity contribution in [2.24, 2.45) is 0 Å². The lowest BCUT2D eigenvalue weighted by molar-refractivity contribution is -0.137. The van der Waals surface area contributed by atoms with Crippen molar-refractivity contribution in [3.63, 3.8) is 0 Å². The molecule has 1 aliphatic rings. The second-order valence-electron chi connectivity index (χ2n) is 4.58. The van der Waals surface area contributed by atoms with Crippen LogP contribution < -0.4 is 0 Å². The van der Waals surface area contributed by atoms with Crippen LogP contribution in [0.25, 0.3) is 0 Å². The van der Waals surface area contributed by atoms with Gasteiger partial charge in [-0.25, -0.2) is 4.79 Å². The zero-order chi connectivity index (χ0) is 14.0. The number of hydrogen-bond acceptors (Lipinski definition) is 3. The molecule has 1 aromatic carbocycles. The fraction of sp³-hybridized carbons (Fsp3) is 0.333. The highest BCUT2D eigenvalue weighted by Crippen LogP contribution is 2.33. The summed E-state index contributed by atoms with van der Waals surface area (Å²) in [5.41, 5.74) is 2.19. The van der Waals surface area contributed by atoms with Gasteiger partial charge in [0.2, 0.25) is 5.91 Å². The fourth-order valence-corrected chi connectivity index (χ4v) is 2.43. The van der Waals surface area contributed by atoms with Crippen LogP contribution >= 0.6 is 0 Å². The number of rotatable bonds is 3. The van der Waals surface area contributed by atoms with Crippen molar-refractivity contribution in [2.45, 2.75) is 26.3 Å². The molecule has 0 spiro atoms. The van der Waals surface area contributed by atoms with Crippen LogP contribution in [0.1, 0.15) is 31.9 Å². The average Bonchev–Trinajstić information content (AvgIpc) is 2.73. The van der Waals surface area contributed by atoms with Crippen LogP contribution in [0.2, 0.25) is 0 Å². The molecule has 0 saturated carbocycles. The van der Waals surface area contributed by atoms with E-state index >= 15 is 0 Å². The molecule has 0 radical (unpaired) electrons. The molecule has 0 aromatic heterocycles. The second-order valence-corrected chi connectivity index (χ2v) is 4.58. The number of methoxy groups -OCH3 is 1. The number of benzene rings is 1. The van der Waals surface area contributed by atoms with Gasteiger partial charge in [-0.3, -0.25) is 4.79 Å². The number of amides is 1. The van der Waals surface area contributed by atoms with Gasteiger partial charge >= 0.3 is 5.97 Å². The minimum atomic E-state index is -0.423. The molecule has 0 bridgehead atoms. The van der Waals surface area contributed by atoms with Gasteiger partial charge in [0, 0.05) is 5.70 Å². The second kappa shape index (κ2) is 5.26. The first kappa shape index (κ1) is 13.3. The van der Waals surface area contributed by atoms with Gasteiger partial charge in [0.05, 0.1) is 25.1 Å². The Morgan fingerprint density at radius 3 is 2.53 bits per heavy atom. The van der Waals surface area contributed by atoms with Crippen LogP contribution in [0.5, 0.6) is 0 Å². The highest BCUT2D eigenvalue weighted by molar-refractivity contribution is 6.00. The molecule has 1 amide bonds. The molecule has 1 aromatic rings. The normalized spacial score (nSPS) is 16.8. The van der Waals surface area contributed by atoms with Crippen LogP contribution in [0.4, 0.5) is 0 Å². The predicted molar refractivity (Wildman–Crippen MR) is 71.0 cm³/mol. The van der Waals surface area contributed by atoms with E-state index in [1.807, 2.05) is 37.3 Å². The van der Waals surface area contributed by atoms with Crippen molar-refractivity contribution in [3.8, 4) is 0 Å². The maximum absolute atomic E-state index is 12.1. The number of carbonyl (C=O) groups is 2. The van der Waals surface area contributed by atoms with Crippen molar-refractivity contribution in [1.82, 2.24) is 4.90 Å². The van der Waals surface area contributed by atoms with E-state index in [1.54, 1.807) is 11.8 Å². The first-order valence-corrected chi connectivity index (χ1v) is 6.21. The number of allylic oxidation sites excluding steroid dienone is 1. The van der Waals surface area contributed by atoms with Gasteiger partial charge in [0.1, 0.15) is 0 Å². The zero-order valence-electron chi connectivity index (χ0n) is 11.3. The molecule has 4 heteroatoms. The lowest BCUT2D eigenvalue weighted by Gasteiger charge is -2.26. The monoisotopic (exact) mass is 259 g/mol. The molecule has 1 atom stereocenters. The van der Waals surface area contributed by atoms with Crippen LogP contribution in [0, 0.1) is 0 Å². The lowest BCUT2D eigenvalue weighted by atomic mass is 10.1. The average molecular weight is 259 g/mol. The Labute approximate surface area is 112 Å². The Kier molecular flexibility index (Phi) is 3.69. The molecule has 0 fully saturated rings. The number of esters is 1. The Morgan fingerprint density at radius 2 is 1.95 bits per heavy atom. The molecule has 2 rings (SSSR count). The molecular formula is C15H17NO3. The van der Waals surface area contributed by atoms with Crippen LogP contribution in [-0.4, -0.2) is 23.9 Å². The van der Waals surface area contributed by atoms with Crippen LogP contribution in [0.3, 0.4) is 0 Å². The molecular weight excluding hydrogens is 242 g/mol. The molecule has 100 valence electrons. The van der Waals surface area contributed by atoms with E-state index in [9.17, 15) is 9.59 Å². The highest BCUT2D eigenvalue weighted by Gasteiger charge is 2.34. The van der Waals surface area contributed by atoms with Gasteiger partial charge in [-0.15, -0.1) is 0 Å². The van der Waals surface area contributed by atoms with Crippen molar-refractivity contribution in [1.29, 1.82) is 0 Å². The van der Waals surface area contributed by atoms with Gasteiger partial charge in [-0.05, 0) is 19.4 Å². The van der Waals surface area contributed by atoms with E-state index in [0.29, 0.717) is 11.3 Å². The van der Waals surface area contributed by atoms with Gasteiger partial charge in [0.15, 0.2) is 0 Å². The molecule has 0 aliphatic carbocycles. The molecule has 0 N–H and O–H groups in total. The van der Waals surface area contributed by atoms with Gasteiger partial charge in [0.25, 0.3) is 0 Å². The van der Waals surface area contributed by atoms with Gasteiger partial charge in [-0.1, -0.05) is 30.3 Å². The Balaban J connectivity index is 2.32. The summed E-state index contributed by atoms with van der Waals surface area (Å²) in [6, 6.07) is 9.67. The molecule has 19 heavy (non-hydrogen) atoms. The standard InChI is InChI=1S/C15H17NO3/c1-10(12-7-5-4-6-8-12)16-11(2)13(9-14(16)17)15(18)19-3/h4-8,10H,9H2,1-3H3/t10-/m0/s1. The van der Waals surface area contributed by atoms with Crippen molar-refractivity contribution in [3.05, 3.63) is 47.2 Å². The zero-order valence-corrected chi connectivity index (χ0v) is 11.3. The summed E-state index contributed by atoms with van der Waals surface area (Å²) in [5, 5.41) is 0. The van der Waals surface area contributed by atoms with Gasteiger partial charge in [-0.2, -0.15) is 0 Å². The molecule has 0 saturated heterocycles. The van der Waals surface area contributed by atoms with Crippen molar-refractivity contribution >= 4 is 11.9 Å². The summed E-state index contributed by atoms with van der Waals surface area (Å²) in [6.45, 7) is 3.74. The first-order valence-electron chi connectivity index (χ1n) is 6.21. The highest BCUT2D eigenvalue weighted by atomic mass is 16.5. The van der Waals surface area contributed by atoms with E-state index in [2.05, 4.69) is 0 Å². The number of nitrogens with zero attached hydrogens (tertiary/aromatic N) is 1. The van der Waals surface area contributed by atoms with Crippen LogP contribution in [-0.2, 0) is 14.3 Å². The Morgan fingerprint density at radius 1 is 1.32 bits per heavy atom. The minimum absolute atomic E-state index is 0.0609. The number of hydrogen-bond donors (Lipinski definition) is 0. The maximum Gasteiger partial charge on any atom is 0.336 e. The number of carbonyl (C=O) groups excluding carboxylic acids is 2. The van der Waals surface area contributed by atoms with Gasteiger partial charge < -0.3 is 9.64 Å². The summed E-state index contributed by atoms with van der Waals surface area (Å²) in [5.74, 6) is -0.483. The third kappa shape index (κ3) is 2.38. The quantitative estimate of drug-likeness (QED) is 0.783. The van der Waals surface area contributed by atoms with E-state index < -0.39 is 5.97 Å². The first-order chi connectivity index (χ1) is 9.06. The Bertz CT molecular complexity index is 534. The van der Waals surface area contributed by atoms with E-state index in [4.69, 9.17) is 4.74 Å². The minimum Gasteiger partial charge on any atom is -0.466 e. The third-order valence-corrected chi connectivity index (χ3v) is 3.50. The largest absolute Gasteiger partial charge is 0.466 e. The van der Waals surface area contributed by atoms with E-state index in [-0.39, 0.29) is 18.4 Å². The van der Waals surface area contributed by atoms with E-state index in [1.165, 1.54) is 7.11 Å². The van der Waals surface area contributed by atoms with Crippen LogP contribution in [0.15, 0.2) is 41.6 Å². The maximum atomic E-state index is 12.1. The predicted octanol–water partition coefficient (Wildman–Crippen LogP) is 2.43. The smallest absolute Gasteiger partial charge is 0.336 e. The topological polar surface area (TPSA) is 46.6 Å². The molecule has 0 unspecified atom stereocenters. The molecule has 1 aliphatic heterocycles. The summed E-state index contributed by atoms with van der Waals surface area (Å²) in [7, 11) is 1.33. The SMILES string of the molecule is COC(=O)C1=C(C)N([C@@H](C)c2ccccc2)C(=O)C1. The third-order valence-electron chi connectivity index (χ3n) is 3.50. The summed E-state index contributed by atoms with van der Waals surface area (Å²) < 4.78 is 4.71. The lowest BCUT2D eigenvalue weighted by Crippen LogP contribution is -2.27. The summed E-state index contributed by atoms with van der Waals surface area (Å²) in [6.07, 6.45) is 0.121. The summed E-state index contributed by atoms with van der Waals surface area (Å²) in [4.78, 5) is 25.4. The van der Waals surface area contributed by atoms with E-state index in [0.717, 1.165) is 5.56 Å². The number of ether oxygens (including phenoxy) is 1. The summed E-state index contributed by atoms with van der Waals surface area (Å²) >= 11 is 0. The van der Waals surface area contributed by atoms with Crippen molar-refractivity contribution < 1.29 is 14.3 Å². The Hall–Kier alpha value is -2.10.